The van der Waals surface area contributed by atoms with Gasteiger partial charge in [-0.15, -0.1) is 0 Å². The van der Waals surface area contributed by atoms with E-state index in [2.05, 4.69) is 39.4 Å². The summed E-state index contributed by atoms with van der Waals surface area (Å²) in [5, 5.41) is 6.20. The molecule has 0 bridgehead atoms. The van der Waals surface area contributed by atoms with Crippen molar-refractivity contribution < 1.29 is 9.18 Å². The molecular weight excluding hydrogens is 341 g/mol. The average Bonchev–Trinajstić information content (AvgIpc) is 3.02. The van der Waals surface area contributed by atoms with E-state index in [-0.39, 0.29) is 18.1 Å². The van der Waals surface area contributed by atoms with Gasteiger partial charge in [-0.05, 0) is 18.2 Å². The maximum Gasteiger partial charge on any atom is 0.241 e. The van der Waals surface area contributed by atoms with E-state index >= 15 is 0 Å². The molecule has 1 amide bonds. The minimum atomic E-state index is -0.374. The fourth-order valence-electron chi connectivity index (χ4n) is 3.27. The minimum absolute atomic E-state index is 0.218. The molecule has 0 saturated carbocycles. The molecule has 0 fully saturated rings. The summed E-state index contributed by atoms with van der Waals surface area (Å²) >= 11 is 0. The third-order valence-electron chi connectivity index (χ3n) is 4.54. The molecule has 3 aromatic carbocycles. The number of carbonyl (C=O) groups is 1. The van der Waals surface area contributed by atoms with E-state index in [1.807, 2.05) is 24.3 Å². The van der Waals surface area contributed by atoms with E-state index < -0.39 is 0 Å². The fraction of sp³-hybridized carbons (Fsp3) is 0.0909. The molecule has 0 spiro atoms. The average molecular weight is 359 g/mol. The van der Waals surface area contributed by atoms with Gasteiger partial charge in [0.15, 0.2) is 0 Å². The number of halogens is 1. The normalized spacial score (nSPS) is 11.4. The van der Waals surface area contributed by atoms with Gasteiger partial charge in [0, 0.05) is 40.3 Å². The second-order valence-corrected chi connectivity index (χ2v) is 6.25. The molecule has 0 aliphatic rings. The largest absolute Gasteiger partial charge is 0.340 e. The topological polar surface area (TPSA) is 46.4 Å². The standard InChI is InChI=1S/C22H18FN3O/c23-19-10-4-1-7-16(19)15-24-25-22(27)13-14-26-20-11-5-2-8-17(20)18-9-3-6-12-21(18)26/h1-12,15H,13-14H2,(H,25,27)/b24-15+. The van der Waals surface area contributed by atoms with Crippen LogP contribution in [0.1, 0.15) is 12.0 Å². The lowest BCUT2D eigenvalue weighted by Crippen LogP contribution is -2.19. The van der Waals surface area contributed by atoms with Crippen LogP contribution in [0, 0.1) is 5.82 Å². The van der Waals surface area contributed by atoms with Gasteiger partial charge < -0.3 is 4.57 Å². The molecule has 4 nitrogen and oxygen atoms in total. The van der Waals surface area contributed by atoms with Crippen LogP contribution >= 0.6 is 0 Å². The predicted molar refractivity (Wildman–Crippen MR) is 106 cm³/mol. The van der Waals surface area contributed by atoms with Crippen molar-refractivity contribution in [2.75, 3.05) is 0 Å². The molecule has 0 atom stereocenters. The Balaban J connectivity index is 1.48. The lowest BCUT2D eigenvalue weighted by molar-refractivity contribution is -0.121. The van der Waals surface area contributed by atoms with Crippen molar-refractivity contribution in [1.29, 1.82) is 0 Å². The van der Waals surface area contributed by atoms with Crippen molar-refractivity contribution in [2.45, 2.75) is 13.0 Å². The van der Waals surface area contributed by atoms with E-state index in [0.717, 1.165) is 11.0 Å². The minimum Gasteiger partial charge on any atom is -0.340 e. The van der Waals surface area contributed by atoms with Crippen LogP contribution in [0.3, 0.4) is 0 Å². The van der Waals surface area contributed by atoms with Crippen LogP contribution in [0.15, 0.2) is 77.9 Å². The van der Waals surface area contributed by atoms with Crippen molar-refractivity contribution >= 4 is 33.9 Å². The first kappa shape index (κ1) is 17.0. The van der Waals surface area contributed by atoms with Crippen molar-refractivity contribution in [3.63, 3.8) is 0 Å². The summed E-state index contributed by atoms with van der Waals surface area (Å²) in [6.45, 7) is 0.537. The second-order valence-electron chi connectivity index (χ2n) is 6.25. The van der Waals surface area contributed by atoms with Crippen LogP contribution in [-0.4, -0.2) is 16.7 Å². The summed E-state index contributed by atoms with van der Waals surface area (Å²) in [6.07, 6.45) is 1.59. The summed E-state index contributed by atoms with van der Waals surface area (Å²) < 4.78 is 15.7. The molecular formula is C22H18FN3O. The number of rotatable bonds is 5. The van der Waals surface area contributed by atoms with Crippen LogP contribution in [0.2, 0.25) is 0 Å². The summed E-state index contributed by atoms with van der Waals surface area (Å²) in [5.74, 6) is -0.592. The van der Waals surface area contributed by atoms with Gasteiger partial charge in [-0.1, -0.05) is 54.6 Å². The van der Waals surface area contributed by atoms with Gasteiger partial charge in [-0.2, -0.15) is 5.10 Å². The Kier molecular flexibility index (Phi) is 4.66. The van der Waals surface area contributed by atoms with E-state index in [1.165, 1.54) is 23.1 Å². The number of nitrogens with zero attached hydrogens (tertiary/aromatic N) is 2. The van der Waals surface area contributed by atoms with E-state index in [9.17, 15) is 9.18 Å². The summed E-state index contributed by atoms with van der Waals surface area (Å²) in [7, 11) is 0. The number of fused-ring (bicyclic) bond motifs is 3. The third kappa shape index (κ3) is 3.44. The zero-order chi connectivity index (χ0) is 18.6. The molecule has 1 N–H and O–H groups in total. The zero-order valence-electron chi connectivity index (χ0n) is 14.6. The lowest BCUT2D eigenvalue weighted by atomic mass is 10.2. The van der Waals surface area contributed by atoms with Crippen molar-refractivity contribution in [3.05, 3.63) is 84.2 Å². The van der Waals surface area contributed by atoms with Crippen molar-refractivity contribution in [3.8, 4) is 0 Å². The van der Waals surface area contributed by atoms with Crippen LogP contribution in [-0.2, 0) is 11.3 Å². The number of amides is 1. The fourth-order valence-corrected chi connectivity index (χ4v) is 3.27. The van der Waals surface area contributed by atoms with Crippen molar-refractivity contribution in [1.82, 2.24) is 9.99 Å². The van der Waals surface area contributed by atoms with Gasteiger partial charge in [0.2, 0.25) is 5.91 Å². The molecule has 0 aliphatic heterocycles. The Bertz CT molecular complexity index is 1090. The third-order valence-corrected chi connectivity index (χ3v) is 4.54. The molecule has 0 radical (unpaired) electrons. The van der Waals surface area contributed by atoms with Crippen LogP contribution in [0.4, 0.5) is 4.39 Å². The number of hydrogen-bond donors (Lipinski definition) is 1. The number of aromatic nitrogens is 1. The van der Waals surface area contributed by atoms with Crippen LogP contribution in [0.5, 0.6) is 0 Å². The Morgan fingerprint density at radius 3 is 2.19 bits per heavy atom. The lowest BCUT2D eigenvalue weighted by Gasteiger charge is -2.06. The zero-order valence-corrected chi connectivity index (χ0v) is 14.6. The maximum absolute atomic E-state index is 13.5. The SMILES string of the molecule is O=C(CCn1c2ccccc2c2ccccc21)N/N=C/c1ccccc1F. The highest BCUT2D eigenvalue weighted by atomic mass is 19.1. The maximum atomic E-state index is 13.5. The number of aryl methyl sites for hydroxylation is 1. The van der Waals surface area contributed by atoms with Gasteiger partial charge >= 0.3 is 0 Å². The van der Waals surface area contributed by atoms with E-state index in [1.54, 1.807) is 18.2 Å². The highest BCUT2D eigenvalue weighted by molar-refractivity contribution is 6.08. The van der Waals surface area contributed by atoms with Crippen LogP contribution < -0.4 is 5.43 Å². The summed E-state index contributed by atoms with van der Waals surface area (Å²) in [4.78, 5) is 12.2. The Hall–Kier alpha value is -3.47. The molecule has 1 heterocycles. The Morgan fingerprint density at radius 2 is 1.52 bits per heavy atom. The highest BCUT2D eigenvalue weighted by Crippen LogP contribution is 2.28. The van der Waals surface area contributed by atoms with E-state index in [0.29, 0.717) is 12.1 Å². The number of para-hydroxylation sites is 2. The number of benzene rings is 3. The highest BCUT2D eigenvalue weighted by Gasteiger charge is 2.10. The molecule has 5 heteroatoms. The number of nitrogens with one attached hydrogen (secondary N) is 1. The quantitative estimate of drug-likeness (QED) is 0.415. The second kappa shape index (κ2) is 7.41. The van der Waals surface area contributed by atoms with Gasteiger partial charge in [0.05, 0.1) is 6.21 Å². The molecule has 0 saturated heterocycles. The van der Waals surface area contributed by atoms with Gasteiger partial charge in [0.25, 0.3) is 0 Å². The number of hydrazone groups is 1. The molecule has 0 aliphatic carbocycles. The molecule has 134 valence electrons. The van der Waals surface area contributed by atoms with E-state index in [4.69, 9.17) is 0 Å². The van der Waals surface area contributed by atoms with Crippen LogP contribution in [0.25, 0.3) is 21.8 Å². The molecule has 4 aromatic rings. The first-order valence-electron chi connectivity index (χ1n) is 8.76. The van der Waals surface area contributed by atoms with Gasteiger partial charge in [0.1, 0.15) is 5.82 Å². The number of carbonyl (C=O) groups excluding carboxylic acids is 1. The van der Waals surface area contributed by atoms with Gasteiger partial charge in [-0.25, -0.2) is 9.82 Å². The molecule has 0 unspecified atom stereocenters. The first-order chi connectivity index (χ1) is 13.2. The predicted octanol–water partition coefficient (Wildman–Crippen LogP) is 4.47. The van der Waals surface area contributed by atoms with Gasteiger partial charge in [-0.3, -0.25) is 4.79 Å². The first-order valence-corrected chi connectivity index (χ1v) is 8.76. The van der Waals surface area contributed by atoms with Crippen molar-refractivity contribution in [2.24, 2.45) is 5.10 Å². The summed E-state index contributed by atoms with van der Waals surface area (Å²) in [5.41, 5.74) is 5.00. The monoisotopic (exact) mass is 359 g/mol. The summed E-state index contributed by atoms with van der Waals surface area (Å²) in [6, 6.07) is 22.6. The Morgan fingerprint density at radius 1 is 0.926 bits per heavy atom. The molecule has 27 heavy (non-hydrogen) atoms. The Labute approximate surface area is 155 Å². The number of hydrogen-bond acceptors (Lipinski definition) is 2. The molecule has 1 aromatic heterocycles. The smallest absolute Gasteiger partial charge is 0.241 e. The molecule has 4 rings (SSSR count).